The highest BCUT2D eigenvalue weighted by atomic mass is 16.5. The molecule has 0 N–H and O–H groups in total. The molecule has 1 fully saturated rings. The first-order valence-electron chi connectivity index (χ1n) is 6.11. The molecular weight excluding hydrogens is 204 g/mol. The molecule has 0 aliphatic carbocycles. The van der Waals surface area contributed by atoms with Gasteiger partial charge in [0, 0.05) is 19.1 Å². The fourth-order valence-corrected chi connectivity index (χ4v) is 2.12. The Morgan fingerprint density at radius 2 is 2.12 bits per heavy atom. The largest absolute Gasteiger partial charge is 0.462 e. The summed E-state index contributed by atoms with van der Waals surface area (Å²) in [7, 11) is 2.13. The summed E-state index contributed by atoms with van der Waals surface area (Å²) in [5.74, 6) is -0.105. The van der Waals surface area contributed by atoms with E-state index in [1.807, 2.05) is 13.8 Å². The Bertz CT molecular complexity index is 231. The Labute approximate surface area is 98.5 Å². The third-order valence-corrected chi connectivity index (χ3v) is 2.88. The van der Waals surface area contributed by atoms with Crippen LogP contribution in [0.4, 0.5) is 0 Å². The van der Waals surface area contributed by atoms with Gasteiger partial charge in [-0.3, -0.25) is 9.69 Å². The minimum absolute atomic E-state index is 0.0162. The molecule has 94 valence electrons. The maximum atomic E-state index is 11.6. The van der Waals surface area contributed by atoms with E-state index in [9.17, 15) is 4.79 Å². The van der Waals surface area contributed by atoms with Crippen molar-refractivity contribution in [2.75, 3.05) is 33.2 Å². The topological polar surface area (TPSA) is 32.8 Å². The van der Waals surface area contributed by atoms with Gasteiger partial charge in [0.15, 0.2) is 0 Å². The van der Waals surface area contributed by atoms with E-state index in [-0.39, 0.29) is 12.1 Å². The van der Waals surface area contributed by atoms with Gasteiger partial charge >= 0.3 is 5.97 Å². The first-order chi connectivity index (χ1) is 7.49. The lowest BCUT2D eigenvalue weighted by Gasteiger charge is -2.27. The van der Waals surface area contributed by atoms with Crippen molar-refractivity contribution in [1.82, 2.24) is 9.80 Å². The van der Waals surface area contributed by atoms with E-state index in [1.165, 1.54) is 0 Å². The molecule has 0 spiro atoms. The summed E-state index contributed by atoms with van der Waals surface area (Å²) in [5.41, 5.74) is 0. The highest BCUT2D eigenvalue weighted by Gasteiger charge is 2.22. The van der Waals surface area contributed by atoms with E-state index in [0.717, 1.165) is 26.1 Å². The Balaban J connectivity index is 2.42. The normalized spacial score (nSPS) is 24.4. The van der Waals surface area contributed by atoms with E-state index in [0.29, 0.717) is 12.6 Å². The number of likely N-dealkylation sites (N-methyl/N-ethyl adjacent to an activating group) is 1. The predicted molar refractivity (Wildman–Crippen MR) is 64.4 cm³/mol. The van der Waals surface area contributed by atoms with Crippen molar-refractivity contribution in [3.8, 4) is 0 Å². The van der Waals surface area contributed by atoms with E-state index in [2.05, 4.69) is 23.8 Å². The highest BCUT2D eigenvalue weighted by Crippen LogP contribution is 2.08. The molecule has 1 saturated heterocycles. The van der Waals surface area contributed by atoms with Gasteiger partial charge in [-0.05, 0) is 40.8 Å². The quantitative estimate of drug-likeness (QED) is 0.674. The third-order valence-electron chi connectivity index (χ3n) is 2.88. The number of hydrogen-bond acceptors (Lipinski definition) is 4. The van der Waals surface area contributed by atoms with Crippen LogP contribution in [0.2, 0.25) is 0 Å². The van der Waals surface area contributed by atoms with Crippen LogP contribution in [-0.4, -0.2) is 61.1 Å². The lowest BCUT2D eigenvalue weighted by Crippen LogP contribution is -2.41. The Morgan fingerprint density at radius 1 is 1.44 bits per heavy atom. The van der Waals surface area contributed by atoms with Gasteiger partial charge < -0.3 is 9.64 Å². The zero-order chi connectivity index (χ0) is 12.1. The Morgan fingerprint density at radius 3 is 2.75 bits per heavy atom. The molecular formula is C12H24N2O2. The summed E-state index contributed by atoms with van der Waals surface area (Å²) in [6.07, 6.45) is 1.10. The summed E-state index contributed by atoms with van der Waals surface area (Å²) in [4.78, 5) is 16.1. The highest BCUT2D eigenvalue weighted by molar-refractivity contribution is 5.71. The molecule has 1 rings (SSSR count). The standard InChI is InChI=1S/C12H24N2O2/c1-10(2)16-12(15)9-14-7-5-6-13(4)8-11(14)3/h10-11H,5-9H2,1-4H3. The first kappa shape index (κ1) is 13.5. The summed E-state index contributed by atoms with van der Waals surface area (Å²) in [6, 6.07) is 0.423. The van der Waals surface area contributed by atoms with Gasteiger partial charge in [-0.25, -0.2) is 0 Å². The predicted octanol–water partition coefficient (Wildman–Crippen LogP) is 0.964. The molecule has 0 aromatic carbocycles. The molecule has 1 aliphatic rings. The van der Waals surface area contributed by atoms with E-state index >= 15 is 0 Å². The van der Waals surface area contributed by atoms with Crippen molar-refractivity contribution in [3.05, 3.63) is 0 Å². The fourth-order valence-electron chi connectivity index (χ4n) is 2.12. The number of esters is 1. The van der Waals surface area contributed by atoms with Crippen LogP contribution in [0, 0.1) is 0 Å². The van der Waals surface area contributed by atoms with E-state index in [4.69, 9.17) is 4.74 Å². The summed E-state index contributed by atoms with van der Waals surface area (Å²) >= 11 is 0. The summed E-state index contributed by atoms with van der Waals surface area (Å²) < 4.78 is 5.17. The zero-order valence-corrected chi connectivity index (χ0v) is 10.9. The van der Waals surface area contributed by atoms with Gasteiger partial charge in [0.05, 0.1) is 12.6 Å². The molecule has 4 nitrogen and oxygen atoms in total. The molecule has 4 heteroatoms. The van der Waals surface area contributed by atoms with Crippen LogP contribution in [0.25, 0.3) is 0 Å². The van der Waals surface area contributed by atoms with Crippen molar-refractivity contribution < 1.29 is 9.53 Å². The monoisotopic (exact) mass is 228 g/mol. The van der Waals surface area contributed by atoms with Gasteiger partial charge in [0.2, 0.25) is 0 Å². The minimum atomic E-state index is -0.105. The van der Waals surface area contributed by atoms with Crippen LogP contribution in [0.1, 0.15) is 27.2 Å². The second-order valence-corrected chi connectivity index (χ2v) is 4.97. The number of carbonyl (C=O) groups excluding carboxylic acids is 1. The van der Waals surface area contributed by atoms with Gasteiger partial charge in [0.25, 0.3) is 0 Å². The molecule has 0 amide bonds. The third kappa shape index (κ3) is 4.49. The van der Waals surface area contributed by atoms with Crippen molar-refractivity contribution in [3.63, 3.8) is 0 Å². The van der Waals surface area contributed by atoms with Crippen LogP contribution in [0.3, 0.4) is 0 Å². The smallest absolute Gasteiger partial charge is 0.320 e. The molecule has 1 heterocycles. The molecule has 1 unspecified atom stereocenters. The zero-order valence-electron chi connectivity index (χ0n) is 10.9. The molecule has 0 bridgehead atoms. The fraction of sp³-hybridized carbons (Fsp3) is 0.917. The van der Waals surface area contributed by atoms with Crippen LogP contribution in [-0.2, 0) is 9.53 Å². The first-order valence-corrected chi connectivity index (χ1v) is 6.11. The SMILES string of the molecule is CC(C)OC(=O)CN1CCCN(C)CC1C. The van der Waals surface area contributed by atoms with Crippen LogP contribution in [0.5, 0.6) is 0 Å². The number of nitrogens with zero attached hydrogens (tertiary/aromatic N) is 2. The number of hydrogen-bond donors (Lipinski definition) is 0. The van der Waals surface area contributed by atoms with E-state index in [1.54, 1.807) is 0 Å². The second kappa shape index (κ2) is 6.21. The summed E-state index contributed by atoms with van der Waals surface area (Å²) in [5, 5.41) is 0. The number of ether oxygens (including phenoxy) is 1. The molecule has 1 aliphatic heterocycles. The average molecular weight is 228 g/mol. The van der Waals surface area contributed by atoms with Crippen molar-refractivity contribution in [2.24, 2.45) is 0 Å². The van der Waals surface area contributed by atoms with Gasteiger partial charge in [-0.1, -0.05) is 0 Å². The van der Waals surface area contributed by atoms with E-state index < -0.39 is 0 Å². The van der Waals surface area contributed by atoms with Gasteiger partial charge in [-0.15, -0.1) is 0 Å². The van der Waals surface area contributed by atoms with Crippen LogP contribution in [0.15, 0.2) is 0 Å². The molecule has 16 heavy (non-hydrogen) atoms. The van der Waals surface area contributed by atoms with Gasteiger partial charge in [0.1, 0.15) is 0 Å². The lowest BCUT2D eigenvalue weighted by atomic mass is 10.2. The molecule has 0 saturated carbocycles. The van der Waals surface area contributed by atoms with Crippen molar-refractivity contribution in [2.45, 2.75) is 39.3 Å². The second-order valence-electron chi connectivity index (χ2n) is 4.97. The molecule has 0 radical (unpaired) electrons. The van der Waals surface area contributed by atoms with Crippen LogP contribution >= 0.6 is 0 Å². The number of carbonyl (C=O) groups is 1. The maximum Gasteiger partial charge on any atom is 0.320 e. The maximum absolute atomic E-state index is 11.6. The lowest BCUT2D eigenvalue weighted by molar-refractivity contribution is -0.149. The van der Waals surface area contributed by atoms with Gasteiger partial charge in [-0.2, -0.15) is 0 Å². The number of rotatable bonds is 3. The molecule has 0 aromatic heterocycles. The Kier molecular flexibility index (Phi) is 5.22. The average Bonchev–Trinajstić information content (AvgIpc) is 2.27. The van der Waals surface area contributed by atoms with Crippen LogP contribution < -0.4 is 0 Å². The minimum Gasteiger partial charge on any atom is -0.462 e. The van der Waals surface area contributed by atoms with Crippen molar-refractivity contribution in [1.29, 1.82) is 0 Å². The molecule has 1 atom stereocenters. The molecule has 0 aromatic rings. The Hall–Kier alpha value is -0.610. The van der Waals surface area contributed by atoms with Crippen molar-refractivity contribution >= 4 is 5.97 Å². The summed E-state index contributed by atoms with van der Waals surface area (Å²) in [6.45, 7) is 9.49.